The number of hydrogen-bond donors (Lipinski definition) is 1. The standard InChI is InChI=1S/C13H18O2/c1-13(10-14)7-12(13)9-15-8-11-5-3-2-4-6-11/h2-6,12,14H,7-10H2,1H3/t12-,13+/m1/s1. The van der Waals surface area contributed by atoms with Crippen molar-refractivity contribution < 1.29 is 9.84 Å². The van der Waals surface area contributed by atoms with Gasteiger partial charge in [0.05, 0.1) is 13.2 Å². The fourth-order valence-electron chi connectivity index (χ4n) is 1.85. The van der Waals surface area contributed by atoms with Crippen LogP contribution in [0.1, 0.15) is 18.9 Å². The number of benzene rings is 1. The van der Waals surface area contributed by atoms with Crippen LogP contribution in [0.4, 0.5) is 0 Å². The molecule has 1 aromatic rings. The summed E-state index contributed by atoms with van der Waals surface area (Å²) in [5.41, 5.74) is 1.35. The molecule has 1 aliphatic carbocycles. The van der Waals surface area contributed by atoms with Crippen molar-refractivity contribution in [2.24, 2.45) is 11.3 Å². The lowest BCUT2D eigenvalue weighted by atomic mass is 10.1. The van der Waals surface area contributed by atoms with Gasteiger partial charge in [0.25, 0.3) is 0 Å². The zero-order chi connectivity index (χ0) is 10.7. The SMILES string of the molecule is C[C@@]1(CO)C[C@@H]1COCc1ccccc1. The van der Waals surface area contributed by atoms with E-state index >= 15 is 0 Å². The number of aliphatic hydroxyl groups is 1. The van der Waals surface area contributed by atoms with Crippen molar-refractivity contribution in [2.45, 2.75) is 20.0 Å². The maximum Gasteiger partial charge on any atom is 0.0717 e. The smallest absolute Gasteiger partial charge is 0.0717 e. The first-order valence-corrected chi connectivity index (χ1v) is 5.47. The van der Waals surface area contributed by atoms with Crippen LogP contribution in [0.25, 0.3) is 0 Å². The van der Waals surface area contributed by atoms with Crippen LogP contribution in [0.15, 0.2) is 30.3 Å². The van der Waals surface area contributed by atoms with Gasteiger partial charge in [0, 0.05) is 6.61 Å². The Kier molecular flexibility index (Phi) is 3.08. The maximum absolute atomic E-state index is 9.10. The van der Waals surface area contributed by atoms with E-state index in [1.165, 1.54) is 5.56 Å². The van der Waals surface area contributed by atoms with Crippen LogP contribution in [-0.4, -0.2) is 18.3 Å². The van der Waals surface area contributed by atoms with Gasteiger partial charge in [0.15, 0.2) is 0 Å². The van der Waals surface area contributed by atoms with E-state index in [0.717, 1.165) is 13.0 Å². The summed E-state index contributed by atoms with van der Waals surface area (Å²) in [5, 5.41) is 9.10. The molecule has 1 N–H and O–H groups in total. The largest absolute Gasteiger partial charge is 0.396 e. The minimum absolute atomic E-state index is 0.136. The molecule has 2 nitrogen and oxygen atoms in total. The van der Waals surface area contributed by atoms with E-state index in [1.807, 2.05) is 18.2 Å². The zero-order valence-corrected chi connectivity index (χ0v) is 9.15. The van der Waals surface area contributed by atoms with Crippen molar-refractivity contribution in [3.05, 3.63) is 35.9 Å². The molecule has 0 bridgehead atoms. The van der Waals surface area contributed by atoms with Gasteiger partial charge in [-0.05, 0) is 23.3 Å². The Morgan fingerprint density at radius 1 is 1.40 bits per heavy atom. The molecular formula is C13H18O2. The van der Waals surface area contributed by atoms with Crippen LogP contribution in [0, 0.1) is 11.3 Å². The van der Waals surface area contributed by atoms with E-state index in [4.69, 9.17) is 9.84 Å². The molecule has 0 aromatic heterocycles. The van der Waals surface area contributed by atoms with Crippen molar-refractivity contribution in [3.8, 4) is 0 Å². The number of hydrogen-bond acceptors (Lipinski definition) is 2. The van der Waals surface area contributed by atoms with Crippen LogP contribution < -0.4 is 0 Å². The molecule has 0 saturated heterocycles. The highest BCUT2D eigenvalue weighted by molar-refractivity contribution is 5.13. The first-order valence-electron chi connectivity index (χ1n) is 5.47. The van der Waals surface area contributed by atoms with E-state index in [0.29, 0.717) is 12.5 Å². The lowest BCUT2D eigenvalue weighted by Gasteiger charge is -2.07. The van der Waals surface area contributed by atoms with Crippen LogP contribution in [0.2, 0.25) is 0 Å². The summed E-state index contributed by atoms with van der Waals surface area (Å²) in [4.78, 5) is 0. The Morgan fingerprint density at radius 3 is 2.73 bits per heavy atom. The summed E-state index contributed by atoms with van der Waals surface area (Å²) in [6.07, 6.45) is 1.10. The third-order valence-corrected chi connectivity index (χ3v) is 3.33. The highest BCUT2D eigenvalue weighted by atomic mass is 16.5. The Labute approximate surface area is 90.9 Å². The van der Waals surface area contributed by atoms with Crippen molar-refractivity contribution in [3.63, 3.8) is 0 Å². The van der Waals surface area contributed by atoms with E-state index in [-0.39, 0.29) is 12.0 Å². The van der Waals surface area contributed by atoms with Crippen LogP contribution in [0.3, 0.4) is 0 Å². The molecule has 2 rings (SSSR count). The minimum atomic E-state index is 0.136. The number of ether oxygens (including phenoxy) is 1. The van der Waals surface area contributed by atoms with Crippen molar-refractivity contribution in [2.75, 3.05) is 13.2 Å². The van der Waals surface area contributed by atoms with Gasteiger partial charge >= 0.3 is 0 Å². The molecule has 0 spiro atoms. The monoisotopic (exact) mass is 206 g/mol. The minimum Gasteiger partial charge on any atom is -0.396 e. The molecule has 0 radical (unpaired) electrons. The van der Waals surface area contributed by atoms with Crippen LogP contribution >= 0.6 is 0 Å². The maximum atomic E-state index is 9.10. The summed E-state index contributed by atoms with van der Waals surface area (Å²) in [5.74, 6) is 0.547. The number of rotatable bonds is 5. The average molecular weight is 206 g/mol. The number of aliphatic hydroxyl groups excluding tert-OH is 1. The molecule has 0 amide bonds. The normalized spacial score (nSPS) is 29.1. The average Bonchev–Trinajstić information content (AvgIpc) is 2.92. The topological polar surface area (TPSA) is 29.5 Å². The molecule has 0 unspecified atom stereocenters. The molecule has 1 aliphatic rings. The molecule has 1 fully saturated rings. The van der Waals surface area contributed by atoms with Gasteiger partial charge in [0.1, 0.15) is 0 Å². The summed E-state index contributed by atoms with van der Waals surface area (Å²) in [6.45, 7) is 3.85. The van der Waals surface area contributed by atoms with Gasteiger partial charge in [0.2, 0.25) is 0 Å². The van der Waals surface area contributed by atoms with Gasteiger partial charge in [-0.2, -0.15) is 0 Å². The second-order valence-electron chi connectivity index (χ2n) is 4.71. The summed E-state index contributed by atoms with van der Waals surface area (Å²) in [7, 11) is 0. The molecule has 1 aromatic carbocycles. The highest BCUT2D eigenvalue weighted by Crippen LogP contribution is 2.51. The Balaban J connectivity index is 1.69. The summed E-state index contributed by atoms with van der Waals surface area (Å²) in [6, 6.07) is 10.2. The van der Waals surface area contributed by atoms with Gasteiger partial charge in [-0.25, -0.2) is 0 Å². The highest BCUT2D eigenvalue weighted by Gasteiger charge is 2.49. The van der Waals surface area contributed by atoms with Crippen molar-refractivity contribution in [1.29, 1.82) is 0 Å². The predicted molar refractivity (Wildman–Crippen MR) is 59.4 cm³/mol. The molecule has 2 heteroatoms. The molecule has 2 atom stereocenters. The van der Waals surface area contributed by atoms with Gasteiger partial charge in [-0.15, -0.1) is 0 Å². The third kappa shape index (κ3) is 2.58. The van der Waals surface area contributed by atoms with Gasteiger partial charge in [-0.1, -0.05) is 37.3 Å². The van der Waals surface area contributed by atoms with Gasteiger partial charge < -0.3 is 9.84 Å². The predicted octanol–water partition coefficient (Wildman–Crippen LogP) is 2.22. The first kappa shape index (κ1) is 10.7. The van der Waals surface area contributed by atoms with E-state index in [1.54, 1.807) is 0 Å². The molecule has 15 heavy (non-hydrogen) atoms. The quantitative estimate of drug-likeness (QED) is 0.800. The van der Waals surface area contributed by atoms with Crippen LogP contribution in [-0.2, 0) is 11.3 Å². The Hall–Kier alpha value is -0.860. The van der Waals surface area contributed by atoms with E-state index < -0.39 is 0 Å². The fraction of sp³-hybridized carbons (Fsp3) is 0.538. The lowest BCUT2D eigenvalue weighted by molar-refractivity contribution is 0.0936. The lowest BCUT2D eigenvalue weighted by Crippen LogP contribution is -2.08. The summed E-state index contributed by atoms with van der Waals surface area (Å²) >= 11 is 0. The molecular weight excluding hydrogens is 188 g/mol. The third-order valence-electron chi connectivity index (χ3n) is 3.33. The zero-order valence-electron chi connectivity index (χ0n) is 9.15. The molecule has 0 heterocycles. The van der Waals surface area contributed by atoms with Crippen molar-refractivity contribution in [1.82, 2.24) is 0 Å². The molecule has 82 valence electrons. The Morgan fingerprint density at radius 2 is 2.13 bits per heavy atom. The first-order chi connectivity index (χ1) is 7.24. The van der Waals surface area contributed by atoms with Gasteiger partial charge in [-0.3, -0.25) is 0 Å². The van der Waals surface area contributed by atoms with Crippen LogP contribution in [0.5, 0.6) is 0 Å². The van der Waals surface area contributed by atoms with E-state index in [2.05, 4.69) is 19.1 Å². The van der Waals surface area contributed by atoms with E-state index in [9.17, 15) is 0 Å². The second-order valence-corrected chi connectivity index (χ2v) is 4.71. The Bertz CT molecular complexity index is 310. The molecule has 1 saturated carbocycles. The van der Waals surface area contributed by atoms with Crippen molar-refractivity contribution >= 4 is 0 Å². The summed E-state index contributed by atoms with van der Waals surface area (Å²) < 4.78 is 5.63. The second kappa shape index (κ2) is 4.33. The fourth-order valence-corrected chi connectivity index (χ4v) is 1.85. The molecule has 0 aliphatic heterocycles.